The standard InChI is InChI=1S/C19H38N2O3/c1-12(2)14(11-18(5,6)7)20-16(22)15(13(3)4)21-17(23)24-19(8,9)10/h12-15H,11H2,1-10H3,(H,20,22)(H,21,23)/t14-,15+/m1/s1. The Morgan fingerprint density at radius 3 is 1.71 bits per heavy atom. The summed E-state index contributed by atoms with van der Waals surface area (Å²) in [5, 5.41) is 5.82. The van der Waals surface area contributed by atoms with Gasteiger partial charge in [-0.3, -0.25) is 4.79 Å². The van der Waals surface area contributed by atoms with E-state index in [-0.39, 0.29) is 23.3 Å². The van der Waals surface area contributed by atoms with Gasteiger partial charge in [-0.15, -0.1) is 0 Å². The highest BCUT2D eigenvalue weighted by atomic mass is 16.6. The Hall–Kier alpha value is -1.26. The van der Waals surface area contributed by atoms with Crippen LogP contribution in [0.2, 0.25) is 0 Å². The van der Waals surface area contributed by atoms with E-state index in [4.69, 9.17) is 4.74 Å². The number of rotatable bonds is 6. The summed E-state index contributed by atoms with van der Waals surface area (Å²) in [6.07, 6.45) is 0.321. The molecule has 0 aliphatic carbocycles. The Morgan fingerprint density at radius 1 is 0.875 bits per heavy atom. The van der Waals surface area contributed by atoms with Gasteiger partial charge in [0.15, 0.2) is 0 Å². The Bertz CT molecular complexity index is 417. The molecule has 0 bridgehead atoms. The first-order valence-corrected chi connectivity index (χ1v) is 8.92. The molecule has 0 saturated heterocycles. The lowest BCUT2D eigenvalue weighted by molar-refractivity contribution is -0.125. The molecule has 142 valence electrons. The van der Waals surface area contributed by atoms with Crippen LogP contribution in [0.5, 0.6) is 0 Å². The minimum Gasteiger partial charge on any atom is -0.444 e. The minimum atomic E-state index is -0.610. The average molecular weight is 343 g/mol. The van der Waals surface area contributed by atoms with Gasteiger partial charge in [0, 0.05) is 6.04 Å². The smallest absolute Gasteiger partial charge is 0.408 e. The number of amides is 2. The molecule has 0 unspecified atom stereocenters. The van der Waals surface area contributed by atoms with Gasteiger partial charge in [-0.05, 0) is 44.4 Å². The van der Waals surface area contributed by atoms with Gasteiger partial charge in [0.25, 0.3) is 0 Å². The molecule has 0 spiro atoms. The second-order valence-electron chi connectivity index (χ2n) is 9.49. The van der Waals surface area contributed by atoms with E-state index in [1.54, 1.807) is 20.8 Å². The maximum absolute atomic E-state index is 12.7. The van der Waals surface area contributed by atoms with Crippen molar-refractivity contribution in [1.29, 1.82) is 0 Å². The summed E-state index contributed by atoms with van der Waals surface area (Å²) in [7, 11) is 0. The molecule has 0 aromatic rings. The van der Waals surface area contributed by atoms with Gasteiger partial charge in [-0.25, -0.2) is 4.79 Å². The highest BCUT2D eigenvalue weighted by Gasteiger charge is 2.30. The highest BCUT2D eigenvalue weighted by Crippen LogP contribution is 2.24. The minimum absolute atomic E-state index is 0.0278. The van der Waals surface area contributed by atoms with Crippen molar-refractivity contribution in [3.05, 3.63) is 0 Å². The van der Waals surface area contributed by atoms with Crippen LogP contribution in [0.4, 0.5) is 4.79 Å². The first kappa shape index (κ1) is 22.7. The van der Waals surface area contributed by atoms with Crippen molar-refractivity contribution >= 4 is 12.0 Å². The van der Waals surface area contributed by atoms with E-state index in [2.05, 4.69) is 45.3 Å². The number of ether oxygens (including phenoxy) is 1. The molecular formula is C19H38N2O3. The molecule has 0 aromatic carbocycles. The van der Waals surface area contributed by atoms with Crippen molar-refractivity contribution in [3.8, 4) is 0 Å². The summed E-state index contributed by atoms with van der Waals surface area (Å²) in [6.45, 7) is 19.9. The van der Waals surface area contributed by atoms with Crippen molar-refractivity contribution in [2.75, 3.05) is 0 Å². The van der Waals surface area contributed by atoms with E-state index >= 15 is 0 Å². The third-order valence-corrected chi connectivity index (χ3v) is 3.59. The Labute approximate surface area is 148 Å². The monoisotopic (exact) mass is 342 g/mol. The molecule has 0 aliphatic heterocycles. The molecule has 2 N–H and O–H groups in total. The van der Waals surface area contributed by atoms with Crippen molar-refractivity contribution < 1.29 is 14.3 Å². The van der Waals surface area contributed by atoms with Crippen molar-refractivity contribution in [2.45, 2.75) is 93.3 Å². The maximum Gasteiger partial charge on any atom is 0.408 e. The van der Waals surface area contributed by atoms with Crippen LogP contribution in [0.25, 0.3) is 0 Å². The van der Waals surface area contributed by atoms with Gasteiger partial charge in [0.05, 0.1) is 0 Å². The summed E-state index contributed by atoms with van der Waals surface area (Å²) >= 11 is 0. The predicted molar refractivity (Wildman–Crippen MR) is 98.8 cm³/mol. The number of hydrogen-bond donors (Lipinski definition) is 2. The Balaban J connectivity index is 4.98. The zero-order chi connectivity index (χ0) is 19.3. The van der Waals surface area contributed by atoms with E-state index in [0.717, 1.165) is 6.42 Å². The Kier molecular flexibility index (Phi) is 8.27. The fourth-order valence-corrected chi connectivity index (χ4v) is 2.36. The van der Waals surface area contributed by atoms with Gasteiger partial charge >= 0.3 is 6.09 Å². The fraction of sp³-hybridized carbons (Fsp3) is 0.895. The number of alkyl carbamates (subject to hydrolysis) is 1. The fourth-order valence-electron chi connectivity index (χ4n) is 2.36. The van der Waals surface area contributed by atoms with Crippen LogP contribution in [-0.4, -0.2) is 29.7 Å². The van der Waals surface area contributed by atoms with Crippen LogP contribution < -0.4 is 10.6 Å². The molecule has 0 radical (unpaired) electrons. The van der Waals surface area contributed by atoms with Crippen LogP contribution in [0, 0.1) is 17.3 Å². The molecule has 0 aliphatic rings. The first-order valence-electron chi connectivity index (χ1n) is 8.92. The molecule has 0 rings (SSSR count). The molecule has 2 amide bonds. The molecule has 5 heteroatoms. The molecule has 0 heterocycles. The maximum atomic E-state index is 12.7. The van der Waals surface area contributed by atoms with Crippen molar-refractivity contribution in [3.63, 3.8) is 0 Å². The second kappa shape index (κ2) is 8.72. The molecule has 0 saturated carbocycles. The van der Waals surface area contributed by atoms with Gasteiger partial charge in [-0.1, -0.05) is 48.5 Å². The zero-order valence-electron chi connectivity index (χ0n) is 17.2. The van der Waals surface area contributed by atoms with Crippen molar-refractivity contribution in [1.82, 2.24) is 10.6 Å². The molecule has 24 heavy (non-hydrogen) atoms. The normalized spacial score (nSPS) is 15.2. The summed E-state index contributed by atoms with van der Waals surface area (Å²) in [4.78, 5) is 24.7. The zero-order valence-corrected chi connectivity index (χ0v) is 17.2. The molecule has 2 atom stereocenters. The average Bonchev–Trinajstić information content (AvgIpc) is 2.30. The van der Waals surface area contributed by atoms with Gasteiger partial charge in [0.1, 0.15) is 11.6 Å². The van der Waals surface area contributed by atoms with E-state index in [1.165, 1.54) is 0 Å². The topological polar surface area (TPSA) is 67.4 Å². The first-order chi connectivity index (χ1) is 10.6. The summed E-state index contributed by atoms with van der Waals surface area (Å²) in [5.74, 6) is 0.140. The van der Waals surface area contributed by atoms with E-state index < -0.39 is 17.7 Å². The van der Waals surface area contributed by atoms with E-state index in [1.807, 2.05) is 13.8 Å². The van der Waals surface area contributed by atoms with E-state index in [9.17, 15) is 9.59 Å². The van der Waals surface area contributed by atoms with Crippen LogP contribution >= 0.6 is 0 Å². The van der Waals surface area contributed by atoms with E-state index in [0.29, 0.717) is 5.92 Å². The van der Waals surface area contributed by atoms with Gasteiger partial charge in [0.2, 0.25) is 5.91 Å². The molecular weight excluding hydrogens is 304 g/mol. The van der Waals surface area contributed by atoms with Crippen LogP contribution in [0.1, 0.15) is 75.7 Å². The summed E-state index contributed by atoms with van der Waals surface area (Å²) in [5.41, 5.74) is -0.469. The van der Waals surface area contributed by atoms with Gasteiger partial charge in [-0.2, -0.15) is 0 Å². The number of carbonyl (C=O) groups is 2. The van der Waals surface area contributed by atoms with Crippen LogP contribution in [-0.2, 0) is 9.53 Å². The largest absolute Gasteiger partial charge is 0.444 e. The van der Waals surface area contributed by atoms with Gasteiger partial charge < -0.3 is 15.4 Å². The lowest BCUT2D eigenvalue weighted by atomic mass is 9.84. The molecule has 0 aromatic heterocycles. The third-order valence-electron chi connectivity index (χ3n) is 3.59. The quantitative estimate of drug-likeness (QED) is 0.763. The summed E-state index contributed by atoms with van der Waals surface area (Å²) < 4.78 is 5.27. The SMILES string of the molecule is CC(C)[C@H](NC(=O)OC(C)(C)C)C(=O)N[C@H](CC(C)(C)C)C(C)C. The lowest BCUT2D eigenvalue weighted by Crippen LogP contribution is -2.54. The Morgan fingerprint density at radius 2 is 1.38 bits per heavy atom. The highest BCUT2D eigenvalue weighted by molar-refractivity contribution is 5.86. The molecule has 5 nitrogen and oxygen atoms in total. The van der Waals surface area contributed by atoms with Crippen molar-refractivity contribution in [2.24, 2.45) is 17.3 Å². The summed E-state index contributed by atoms with van der Waals surface area (Å²) in [6, 6.07) is -0.541. The number of nitrogens with one attached hydrogen (secondary N) is 2. The predicted octanol–water partition coefficient (Wildman–Crippen LogP) is 4.11. The number of hydrogen-bond acceptors (Lipinski definition) is 3. The third kappa shape index (κ3) is 9.78. The molecule has 0 fully saturated rings. The second-order valence-corrected chi connectivity index (χ2v) is 9.49. The number of carbonyl (C=O) groups excluding carboxylic acids is 2. The van der Waals surface area contributed by atoms with Crippen LogP contribution in [0.3, 0.4) is 0 Å². The lowest BCUT2D eigenvalue weighted by Gasteiger charge is -2.32. The van der Waals surface area contributed by atoms with Crippen LogP contribution in [0.15, 0.2) is 0 Å².